The van der Waals surface area contributed by atoms with Crippen molar-refractivity contribution in [2.75, 3.05) is 21.3 Å². The number of hydrogen-bond donors (Lipinski definition) is 6. The van der Waals surface area contributed by atoms with E-state index in [0.717, 1.165) is 45.0 Å². The molecule has 5 aromatic carbocycles. The number of ether oxygens (including phenoxy) is 2. The summed E-state index contributed by atoms with van der Waals surface area (Å²) in [5.41, 5.74) is 5.13. The Hall–Kier alpha value is -5.81. The van der Waals surface area contributed by atoms with E-state index in [1.165, 1.54) is 24.8 Å². The van der Waals surface area contributed by atoms with Crippen LogP contribution >= 0.6 is 0 Å². The number of nitrogens with one attached hydrogen (secondary N) is 1. The highest BCUT2D eigenvalue weighted by atomic mass is 16.5. The Morgan fingerprint density at radius 2 is 1.62 bits per heavy atom. The molecule has 0 saturated heterocycles. The number of aryl methyl sites for hydroxylation is 1. The molecule has 1 aliphatic carbocycles. The number of Topliss-reactive ketones (excluding diaryl/α,β-unsaturated/α-hetero) is 1. The van der Waals surface area contributed by atoms with Gasteiger partial charge in [0.15, 0.2) is 28.8 Å². The van der Waals surface area contributed by atoms with Crippen LogP contribution in [0.5, 0.6) is 28.7 Å². The van der Waals surface area contributed by atoms with Crippen molar-refractivity contribution >= 4 is 16.6 Å². The SMILES string of the molecule is CCc1ccc2ccccc2c1Cc1c(CC(Cc2cc[n-]c2)C(O)C2CCC(O)C(Cc3ccc(O)c(OC)c3)(c3cc(O)cc(CNC)c3)C2=O)ccc(O)c1OC. The molecule has 0 aliphatic heterocycles. The smallest absolute Gasteiger partial charge is 0.164 e. The average Bonchev–Trinajstić information content (AvgIpc) is 3.77. The Kier molecular flexibility index (Phi) is 12.8. The topological polar surface area (TPSA) is 163 Å². The first-order valence-electron chi connectivity index (χ1n) is 20.7. The average molecular weight is 812 g/mol. The first kappa shape index (κ1) is 42.3. The van der Waals surface area contributed by atoms with Gasteiger partial charge in [0.1, 0.15) is 5.75 Å². The monoisotopic (exact) mass is 811 g/mol. The predicted molar refractivity (Wildman–Crippen MR) is 232 cm³/mol. The van der Waals surface area contributed by atoms with E-state index >= 15 is 4.79 Å². The Bertz CT molecular complexity index is 2450. The van der Waals surface area contributed by atoms with E-state index in [4.69, 9.17) is 9.47 Å². The van der Waals surface area contributed by atoms with Crippen LogP contribution in [0, 0.1) is 11.8 Å². The van der Waals surface area contributed by atoms with Gasteiger partial charge in [0.2, 0.25) is 0 Å². The van der Waals surface area contributed by atoms with Crippen molar-refractivity contribution in [2.45, 2.75) is 76.0 Å². The third kappa shape index (κ3) is 8.32. The van der Waals surface area contributed by atoms with Crippen molar-refractivity contribution in [1.29, 1.82) is 0 Å². The van der Waals surface area contributed by atoms with Crippen molar-refractivity contribution in [1.82, 2.24) is 10.3 Å². The molecule has 6 N–H and O–H groups in total. The molecule has 1 heterocycles. The molecule has 0 bridgehead atoms. The van der Waals surface area contributed by atoms with Crippen LogP contribution in [0.1, 0.15) is 64.3 Å². The van der Waals surface area contributed by atoms with Crippen molar-refractivity contribution in [2.24, 2.45) is 11.8 Å². The van der Waals surface area contributed by atoms with Crippen LogP contribution < -0.4 is 19.8 Å². The summed E-state index contributed by atoms with van der Waals surface area (Å²) in [7, 11) is 4.79. The normalized spacial score (nSPS) is 19.0. The number of aliphatic hydroxyl groups excluding tert-OH is 2. The Labute approximate surface area is 351 Å². The van der Waals surface area contributed by atoms with Gasteiger partial charge in [-0.05, 0) is 126 Å². The highest BCUT2D eigenvalue weighted by Crippen LogP contribution is 2.47. The molecule has 5 atom stereocenters. The number of ketones is 1. The van der Waals surface area contributed by atoms with Crippen molar-refractivity contribution in [3.05, 3.63) is 148 Å². The molecule has 7 rings (SSSR count). The molecule has 5 unspecified atom stereocenters. The zero-order chi connectivity index (χ0) is 42.6. The van der Waals surface area contributed by atoms with Gasteiger partial charge in [-0.15, -0.1) is 0 Å². The number of aromatic nitrogens is 1. The van der Waals surface area contributed by atoms with E-state index < -0.39 is 29.5 Å². The zero-order valence-electron chi connectivity index (χ0n) is 34.7. The maximum absolute atomic E-state index is 15.6. The minimum absolute atomic E-state index is 0.0164. The number of benzene rings is 5. The van der Waals surface area contributed by atoms with Crippen LogP contribution in [-0.4, -0.2) is 64.8 Å². The van der Waals surface area contributed by atoms with Crippen molar-refractivity contribution < 1.29 is 39.8 Å². The van der Waals surface area contributed by atoms with Gasteiger partial charge in [0, 0.05) is 24.4 Å². The number of methoxy groups -OCH3 is 2. The molecule has 1 fully saturated rings. The quantitative estimate of drug-likeness (QED) is 0.0596. The third-order valence-corrected chi connectivity index (χ3v) is 12.6. The molecule has 314 valence electrons. The number of aliphatic hydroxyl groups is 2. The van der Waals surface area contributed by atoms with Gasteiger partial charge in [-0.1, -0.05) is 73.2 Å². The van der Waals surface area contributed by atoms with Gasteiger partial charge in [0.05, 0.1) is 31.8 Å². The lowest BCUT2D eigenvalue weighted by atomic mass is 9.58. The third-order valence-electron chi connectivity index (χ3n) is 12.6. The first-order valence-corrected chi connectivity index (χ1v) is 20.7. The van der Waals surface area contributed by atoms with Crippen molar-refractivity contribution in [3.8, 4) is 28.7 Å². The standard InChI is InChI=1S/C50H55N2O8/c1-5-33-11-12-34-8-6-7-9-39(34)41(33)26-42-35(13-16-44(55)48(42)60-4)24-36(20-31-18-19-52-29-31)47(57)40-14-17-46(56)50(49(40)58,27-30-10-15-43(54)45(23-30)59-3)37-21-32(28-51-2)22-38(53)25-37/h6-13,15-16,18-19,21-23,25,29,36,40,46-47,51,53-57H,5,14,17,20,24,26-28H2,1-4H3/q-1. The van der Waals surface area contributed by atoms with Gasteiger partial charge in [-0.25, -0.2) is 0 Å². The van der Waals surface area contributed by atoms with Gasteiger partial charge in [-0.2, -0.15) is 12.4 Å². The molecule has 10 heteroatoms. The van der Waals surface area contributed by atoms with Gasteiger partial charge < -0.3 is 45.3 Å². The second-order valence-corrected chi connectivity index (χ2v) is 16.2. The molecular formula is C50H55N2O8-. The van der Waals surface area contributed by atoms with Crippen LogP contribution in [0.15, 0.2) is 103 Å². The molecule has 6 aromatic rings. The van der Waals surface area contributed by atoms with Crippen LogP contribution in [0.3, 0.4) is 0 Å². The number of rotatable bonds is 16. The molecular weight excluding hydrogens is 757 g/mol. The van der Waals surface area contributed by atoms with Crippen LogP contribution in [0.4, 0.5) is 0 Å². The van der Waals surface area contributed by atoms with E-state index in [0.29, 0.717) is 42.7 Å². The summed E-state index contributed by atoms with van der Waals surface area (Å²) in [5, 5.41) is 62.9. The summed E-state index contributed by atoms with van der Waals surface area (Å²) in [5.74, 6) is -1.23. The van der Waals surface area contributed by atoms with E-state index in [1.807, 2.05) is 30.3 Å². The number of nitrogens with zero attached hydrogens (tertiary/aromatic N) is 1. The molecule has 0 radical (unpaired) electrons. The molecule has 1 aliphatic rings. The molecule has 0 spiro atoms. The van der Waals surface area contributed by atoms with Gasteiger partial charge in [0.25, 0.3) is 0 Å². The van der Waals surface area contributed by atoms with Crippen LogP contribution in [0.2, 0.25) is 0 Å². The summed E-state index contributed by atoms with van der Waals surface area (Å²) < 4.78 is 11.3. The van der Waals surface area contributed by atoms with E-state index in [2.05, 4.69) is 41.5 Å². The summed E-state index contributed by atoms with van der Waals surface area (Å²) in [6.45, 7) is 2.54. The molecule has 1 aromatic heterocycles. The van der Waals surface area contributed by atoms with E-state index in [9.17, 15) is 25.5 Å². The molecule has 1 saturated carbocycles. The second kappa shape index (κ2) is 18.2. The predicted octanol–water partition coefficient (Wildman–Crippen LogP) is 7.09. The lowest BCUT2D eigenvalue weighted by Crippen LogP contribution is -2.57. The summed E-state index contributed by atoms with van der Waals surface area (Å²) >= 11 is 0. The minimum atomic E-state index is -1.57. The number of fused-ring (bicyclic) bond motifs is 1. The lowest BCUT2D eigenvalue weighted by molar-refractivity contribution is -0.144. The molecule has 0 amide bonds. The zero-order valence-corrected chi connectivity index (χ0v) is 34.7. The molecule has 10 nitrogen and oxygen atoms in total. The Morgan fingerprint density at radius 3 is 2.35 bits per heavy atom. The van der Waals surface area contributed by atoms with Crippen LogP contribution in [-0.2, 0) is 48.9 Å². The summed E-state index contributed by atoms with van der Waals surface area (Å²) in [6, 6.07) is 27.8. The highest BCUT2D eigenvalue weighted by Gasteiger charge is 2.54. The first-order chi connectivity index (χ1) is 29.0. The number of carbonyl (C=O) groups excluding carboxylic acids is 1. The highest BCUT2D eigenvalue weighted by molar-refractivity contribution is 5.95. The number of carbonyl (C=O) groups is 1. The Balaban J connectivity index is 1.33. The maximum Gasteiger partial charge on any atom is 0.164 e. The van der Waals surface area contributed by atoms with Gasteiger partial charge >= 0.3 is 0 Å². The number of hydrogen-bond acceptors (Lipinski definition) is 9. The van der Waals surface area contributed by atoms with E-state index in [1.54, 1.807) is 50.8 Å². The lowest BCUT2D eigenvalue weighted by Gasteiger charge is -2.46. The fourth-order valence-corrected chi connectivity index (χ4v) is 9.60. The number of phenols is 3. The molecule has 60 heavy (non-hydrogen) atoms. The second-order valence-electron chi connectivity index (χ2n) is 16.2. The van der Waals surface area contributed by atoms with E-state index in [-0.39, 0.29) is 48.0 Å². The fraction of sp³-hybridized carbons (Fsp3) is 0.340. The number of phenolic OH excluding ortho intramolecular Hbond substituents is 3. The summed E-state index contributed by atoms with van der Waals surface area (Å²) in [4.78, 5) is 19.9. The Morgan fingerprint density at radius 1 is 0.833 bits per heavy atom. The van der Waals surface area contributed by atoms with Gasteiger partial charge in [-0.3, -0.25) is 4.79 Å². The van der Waals surface area contributed by atoms with Crippen LogP contribution in [0.25, 0.3) is 10.8 Å². The summed E-state index contributed by atoms with van der Waals surface area (Å²) in [6.07, 6.45) is 3.67. The van der Waals surface area contributed by atoms with Crippen molar-refractivity contribution in [3.63, 3.8) is 0 Å². The minimum Gasteiger partial charge on any atom is -0.670 e. The maximum atomic E-state index is 15.6. The largest absolute Gasteiger partial charge is 0.670 e. The number of aromatic hydroxyl groups is 3. The fourth-order valence-electron chi connectivity index (χ4n) is 9.60.